The Morgan fingerprint density at radius 3 is 2.71 bits per heavy atom. The maximum atomic E-state index is 14.4. The van der Waals surface area contributed by atoms with E-state index in [1.165, 1.54) is 31.5 Å². The number of nitrogens with one attached hydrogen (secondary N) is 1. The third-order valence-electron chi connectivity index (χ3n) is 5.86. The van der Waals surface area contributed by atoms with E-state index in [9.17, 15) is 18.7 Å². The van der Waals surface area contributed by atoms with Gasteiger partial charge in [0.25, 0.3) is 5.91 Å². The van der Waals surface area contributed by atoms with Crippen LogP contribution in [0.25, 0.3) is 0 Å². The quantitative estimate of drug-likeness (QED) is 0.644. The number of aliphatic hydroxyl groups is 2. The number of pyridine rings is 1. The van der Waals surface area contributed by atoms with Crippen LogP contribution in [0.5, 0.6) is 5.75 Å². The molecule has 1 fully saturated rings. The van der Waals surface area contributed by atoms with Gasteiger partial charge in [0.15, 0.2) is 11.6 Å². The first-order valence-corrected chi connectivity index (χ1v) is 9.86. The summed E-state index contributed by atoms with van der Waals surface area (Å²) in [6, 6.07) is 5.38. The molecule has 1 saturated heterocycles. The molecule has 2 aromatic rings. The van der Waals surface area contributed by atoms with Crippen LogP contribution in [0, 0.1) is 17.6 Å². The Morgan fingerprint density at radius 1 is 1.35 bits per heavy atom. The first kappa shape index (κ1) is 23.1. The van der Waals surface area contributed by atoms with E-state index in [-0.39, 0.29) is 17.4 Å². The van der Waals surface area contributed by atoms with Crippen molar-refractivity contribution in [1.82, 2.24) is 4.98 Å². The molecule has 4 atom stereocenters. The number of ether oxygens (including phenoxy) is 2. The molecule has 168 valence electrons. The van der Waals surface area contributed by atoms with Gasteiger partial charge in [-0.1, -0.05) is 13.0 Å². The Morgan fingerprint density at radius 2 is 2.06 bits per heavy atom. The molecule has 0 spiro atoms. The molecule has 9 heteroatoms. The summed E-state index contributed by atoms with van der Waals surface area (Å²) >= 11 is 0. The summed E-state index contributed by atoms with van der Waals surface area (Å²) < 4.78 is 39.3. The number of halogens is 2. The number of hydrogen-bond donors (Lipinski definition) is 3. The van der Waals surface area contributed by atoms with E-state index in [0.29, 0.717) is 11.3 Å². The van der Waals surface area contributed by atoms with E-state index in [1.807, 2.05) is 20.8 Å². The zero-order chi connectivity index (χ0) is 22.9. The summed E-state index contributed by atoms with van der Waals surface area (Å²) in [6.07, 6.45) is -0.803. The van der Waals surface area contributed by atoms with Crippen molar-refractivity contribution in [3.05, 3.63) is 53.4 Å². The van der Waals surface area contributed by atoms with Crippen LogP contribution < -0.4 is 10.1 Å². The molecule has 0 bridgehead atoms. The minimum Gasteiger partial charge on any atom is -0.493 e. The van der Waals surface area contributed by atoms with Crippen LogP contribution in [-0.2, 0) is 9.53 Å². The molecule has 1 aromatic heterocycles. The first-order valence-electron chi connectivity index (χ1n) is 9.86. The predicted molar refractivity (Wildman–Crippen MR) is 109 cm³/mol. The van der Waals surface area contributed by atoms with Gasteiger partial charge < -0.3 is 25.0 Å². The van der Waals surface area contributed by atoms with E-state index in [2.05, 4.69) is 10.3 Å². The highest BCUT2D eigenvalue weighted by atomic mass is 19.2. The van der Waals surface area contributed by atoms with Gasteiger partial charge in [-0.25, -0.2) is 4.39 Å². The van der Waals surface area contributed by atoms with Gasteiger partial charge in [0, 0.05) is 23.4 Å². The van der Waals surface area contributed by atoms with Crippen LogP contribution in [0.4, 0.5) is 14.5 Å². The zero-order valence-corrected chi connectivity index (χ0v) is 17.7. The topological polar surface area (TPSA) is 101 Å². The van der Waals surface area contributed by atoms with E-state index in [1.54, 1.807) is 0 Å². The molecule has 1 aromatic carbocycles. The number of aromatic nitrogens is 1. The maximum Gasteiger partial charge on any atom is 0.254 e. The summed E-state index contributed by atoms with van der Waals surface area (Å²) in [4.78, 5) is 17.1. The van der Waals surface area contributed by atoms with E-state index < -0.39 is 47.9 Å². The van der Waals surface area contributed by atoms with Crippen LogP contribution in [0.3, 0.4) is 0 Å². The summed E-state index contributed by atoms with van der Waals surface area (Å²) in [5.74, 6) is -3.75. The molecule has 3 N–H and O–H groups in total. The Hall–Kier alpha value is -2.62. The van der Waals surface area contributed by atoms with Crippen molar-refractivity contribution in [3.8, 4) is 5.75 Å². The van der Waals surface area contributed by atoms with E-state index in [4.69, 9.17) is 14.6 Å². The van der Waals surface area contributed by atoms with Crippen molar-refractivity contribution in [1.29, 1.82) is 0 Å². The zero-order valence-electron chi connectivity index (χ0n) is 17.7. The maximum absolute atomic E-state index is 14.4. The SMILES string of the molecule is COc1c([C@H]2[C@H](C(=O)Nc3ccnc(C(O)CO)c3)OC(C)(C)[C@H]2C)ccc(F)c1F. The minimum atomic E-state index is -1.18. The summed E-state index contributed by atoms with van der Waals surface area (Å²) in [7, 11) is 1.24. The number of hydrogen-bond acceptors (Lipinski definition) is 6. The fourth-order valence-electron chi connectivity index (χ4n) is 3.88. The van der Waals surface area contributed by atoms with Gasteiger partial charge >= 0.3 is 0 Å². The standard InChI is InChI=1S/C22H26F2N2O5/c1-11-17(13-5-6-14(23)18(24)19(13)30-4)20(31-22(11,2)3)21(29)26-12-7-8-25-15(9-12)16(28)10-27/h5-9,11,16-17,20,27-28H,10H2,1-4H3,(H,25,26,29)/t11-,16?,17-,20+/m0/s1. The van der Waals surface area contributed by atoms with Crippen molar-refractivity contribution in [2.45, 2.75) is 44.5 Å². The molecule has 0 saturated carbocycles. The highest BCUT2D eigenvalue weighted by Gasteiger charge is 2.51. The van der Waals surface area contributed by atoms with E-state index >= 15 is 0 Å². The van der Waals surface area contributed by atoms with Crippen molar-refractivity contribution >= 4 is 11.6 Å². The monoisotopic (exact) mass is 436 g/mol. The smallest absolute Gasteiger partial charge is 0.254 e. The molecule has 1 unspecified atom stereocenters. The van der Waals surface area contributed by atoms with Gasteiger partial charge in [-0.15, -0.1) is 0 Å². The molecule has 1 amide bonds. The Labute approximate surface area is 179 Å². The van der Waals surface area contributed by atoms with Gasteiger partial charge in [0.05, 0.1) is 25.0 Å². The molecule has 0 radical (unpaired) electrons. The molecule has 2 heterocycles. The van der Waals surface area contributed by atoms with Gasteiger partial charge in [-0.05, 0) is 38.0 Å². The largest absolute Gasteiger partial charge is 0.493 e. The predicted octanol–water partition coefficient (Wildman–Crippen LogP) is 2.93. The number of amides is 1. The number of nitrogens with zero attached hydrogens (tertiary/aromatic N) is 1. The van der Waals surface area contributed by atoms with Crippen molar-refractivity contribution in [3.63, 3.8) is 0 Å². The number of methoxy groups -OCH3 is 1. The second-order valence-corrected chi connectivity index (χ2v) is 8.10. The molecular weight excluding hydrogens is 410 g/mol. The summed E-state index contributed by atoms with van der Waals surface area (Å²) in [5, 5.41) is 21.6. The second-order valence-electron chi connectivity index (χ2n) is 8.10. The van der Waals surface area contributed by atoms with Crippen LogP contribution >= 0.6 is 0 Å². The molecule has 0 aliphatic carbocycles. The lowest BCUT2D eigenvalue weighted by molar-refractivity contribution is -0.131. The van der Waals surface area contributed by atoms with Crippen LogP contribution in [0.15, 0.2) is 30.5 Å². The van der Waals surface area contributed by atoms with Crippen molar-refractivity contribution in [2.75, 3.05) is 19.0 Å². The van der Waals surface area contributed by atoms with Crippen molar-refractivity contribution in [2.24, 2.45) is 5.92 Å². The highest BCUT2D eigenvalue weighted by molar-refractivity contribution is 5.95. The number of carbonyl (C=O) groups excluding carboxylic acids is 1. The van der Waals surface area contributed by atoms with Crippen LogP contribution in [0.2, 0.25) is 0 Å². The molecule has 1 aliphatic rings. The van der Waals surface area contributed by atoms with Gasteiger partial charge in [0.2, 0.25) is 5.82 Å². The summed E-state index contributed by atoms with van der Waals surface area (Å²) in [6.45, 7) is 5.01. The Balaban J connectivity index is 1.96. The number of anilines is 1. The highest BCUT2D eigenvalue weighted by Crippen LogP contribution is 2.49. The van der Waals surface area contributed by atoms with Crippen LogP contribution in [0.1, 0.15) is 44.1 Å². The fraction of sp³-hybridized carbons (Fsp3) is 0.455. The van der Waals surface area contributed by atoms with Gasteiger partial charge in [0.1, 0.15) is 12.2 Å². The summed E-state index contributed by atoms with van der Waals surface area (Å²) in [5.41, 5.74) is 0.157. The Bertz CT molecular complexity index is 969. The number of benzene rings is 1. The Kier molecular flexibility index (Phi) is 6.59. The minimum absolute atomic E-state index is 0.195. The molecular formula is C22H26F2N2O5. The molecule has 31 heavy (non-hydrogen) atoms. The number of aliphatic hydroxyl groups excluding tert-OH is 2. The third kappa shape index (κ3) is 4.39. The number of carbonyl (C=O) groups is 1. The normalized spacial score (nSPS) is 23.4. The second kappa shape index (κ2) is 8.86. The molecule has 1 aliphatic heterocycles. The lowest BCUT2D eigenvalue weighted by atomic mass is 9.78. The van der Waals surface area contributed by atoms with Crippen LogP contribution in [-0.4, -0.2) is 46.5 Å². The molecule has 3 rings (SSSR count). The fourth-order valence-corrected chi connectivity index (χ4v) is 3.88. The lowest BCUT2D eigenvalue weighted by Crippen LogP contribution is -2.33. The first-order chi connectivity index (χ1) is 14.6. The van der Waals surface area contributed by atoms with Gasteiger partial charge in [-0.3, -0.25) is 9.78 Å². The lowest BCUT2D eigenvalue weighted by Gasteiger charge is -2.25. The third-order valence-corrected chi connectivity index (χ3v) is 5.86. The average Bonchev–Trinajstić information content (AvgIpc) is 2.99. The molecule has 7 nitrogen and oxygen atoms in total. The number of rotatable bonds is 6. The average molecular weight is 436 g/mol. The van der Waals surface area contributed by atoms with Crippen molar-refractivity contribution < 1.29 is 33.3 Å². The van der Waals surface area contributed by atoms with E-state index in [0.717, 1.165) is 6.07 Å². The van der Waals surface area contributed by atoms with Gasteiger partial charge in [-0.2, -0.15) is 4.39 Å².